The number of aromatic nitrogens is 1. The normalized spacial score (nSPS) is 12.9. The Hall–Kier alpha value is -1.57. The number of benzene rings is 1. The van der Waals surface area contributed by atoms with Gasteiger partial charge in [-0.15, -0.1) is 0 Å². The average molecular weight is 215 g/mol. The Bertz CT molecular complexity index is 498. The topological polar surface area (TPSA) is 22.0 Å². The molecule has 1 aromatic carbocycles. The van der Waals surface area contributed by atoms with Crippen LogP contribution in [0.5, 0.6) is 0 Å². The fourth-order valence-electron chi connectivity index (χ4n) is 1.92. The van der Waals surface area contributed by atoms with Crippen molar-refractivity contribution in [1.82, 2.24) is 4.57 Å². The lowest BCUT2D eigenvalue weighted by molar-refractivity contribution is 0.112. The molecule has 0 amide bonds. The fraction of sp³-hybridized carbons (Fsp3) is 0.357. The Morgan fingerprint density at radius 1 is 1.38 bits per heavy atom. The number of hydrogen-bond donors (Lipinski definition) is 0. The van der Waals surface area contributed by atoms with Crippen LogP contribution in [-0.4, -0.2) is 10.9 Å². The van der Waals surface area contributed by atoms with Gasteiger partial charge in [-0.2, -0.15) is 0 Å². The van der Waals surface area contributed by atoms with E-state index < -0.39 is 0 Å². The van der Waals surface area contributed by atoms with Crippen LogP contribution in [0.4, 0.5) is 0 Å². The zero-order valence-electron chi connectivity index (χ0n) is 9.81. The van der Waals surface area contributed by atoms with Crippen molar-refractivity contribution in [3.8, 4) is 0 Å². The van der Waals surface area contributed by atoms with E-state index in [2.05, 4.69) is 30.7 Å². The molecule has 2 aromatic rings. The van der Waals surface area contributed by atoms with Gasteiger partial charge in [-0.3, -0.25) is 4.79 Å². The first-order valence-electron chi connectivity index (χ1n) is 5.78. The zero-order valence-corrected chi connectivity index (χ0v) is 9.81. The number of rotatable bonds is 4. The lowest BCUT2D eigenvalue weighted by Crippen LogP contribution is -2.05. The monoisotopic (exact) mass is 215 g/mol. The molecule has 84 valence electrons. The first-order valence-corrected chi connectivity index (χ1v) is 5.78. The molecule has 0 aliphatic rings. The van der Waals surface area contributed by atoms with Crippen molar-refractivity contribution in [2.75, 3.05) is 0 Å². The minimum Gasteiger partial charge on any atom is -0.347 e. The molecule has 0 aliphatic carbocycles. The van der Waals surface area contributed by atoms with Crippen LogP contribution in [0.1, 0.15) is 30.6 Å². The van der Waals surface area contributed by atoms with Crippen molar-refractivity contribution in [3.63, 3.8) is 0 Å². The van der Waals surface area contributed by atoms with E-state index in [1.165, 1.54) is 11.9 Å². The van der Waals surface area contributed by atoms with E-state index in [4.69, 9.17) is 0 Å². The predicted octanol–water partition coefficient (Wildman–Crippen LogP) is 3.50. The van der Waals surface area contributed by atoms with Gasteiger partial charge in [0.25, 0.3) is 0 Å². The predicted molar refractivity (Wildman–Crippen MR) is 66.8 cm³/mol. The third kappa shape index (κ3) is 2.01. The first kappa shape index (κ1) is 10.9. The largest absolute Gasteiger partial charge is 0.347 e. The van der Waals surface area contributed by atoms with E-state index in [1.54, 1.807) is 0 Å². The number of hydrogen-bond acceptors (Lipinski definition) is 1. The summed E-state index contributed by atoms with van der Waals surface area (Å²) in [7, 11) is 0. The molecule has 1 heterocycles. The number of carbonyl (C=O) groups excluding carboxylic acids is 1. The molecule has 0 N–H and O–H groups in total. The highest BCUT2D eigenvalue weighted by molar-refractivity contribution is 5.87. The van der Waals surface area contributed by atoms with E-state index in [-0.39, 0.29) is 0 Å². The van der Waals surface area contributed by atoms with E-state index in [9.17, 15) is 4.79 Å². The summed E-state index contributed by atoms with van der Waals surface area (Å²) in [6, 6.07) is 7.92. The van der Waals surface area contributed by atoms with Gasteiger partial charge in [0.1, 0.15) is 6.29 Å². The number of nitrogens with zero attached hydrogens (tertiary/aromatic N) is 1. The number of carbonyl (C=O) groups is 1. The summed E-state index contributed by atoms with van der Waals surface area (Å²) < 4.78 is 2.26. The maximum absolute atomic E-state index is 10.7. The van der Waals surface area contributed by atoms with Crippen LogP contribution in [0.25, 0.3) is 10.9 Å². The minimum atomic E-state index is 0.682. The Labute approximate surface area is 95.9 Å². The summed E-state index contributed by atoms with van der Waals surface area (Å²) in [5.41, 5.74) is 1.96. The Balaban J connectivity index is 2.37. The lowest BCUT2D eigenvalue weighted by Gasteiger charge is -2.10. The molecule has 0 saturated carbocycles. The highest BCUT2D eigenvalue weighted by Crippen LogP contribution is 2.19. The van der Waals surface area contributed by atoms with Gasteiger partial charge in [-0.25, -0.2) is 0 Å². The SMILES string of the molecule is CCC(C)Cn1ccc2cc(C=O)ccc21. The summed E-state index contributed by atoms with van der Waals surface area (Å²) in [4.78, 5) is 10.7. The molecule has 16 heavy (non-hydrogen) atoms. The Morgan fingerprint density at radius 2 is 2.19 bits per heavy atom. The molecule has 0 radical (unpaired) electrons. The molecular formula is C14H17NO. The van der Waals surface area contributed by atoms with Crippen molar-refractivity contribution in [1.29, 1.82) is 0 Å². The van der Waals surface area contributed by atoms with Gasteiger partial charge in [0, 0.05) is 29.2 Å². The maximum Gasteiger partial charge on any atom is 0.150 e. The van der Waals surface area contributed by atoms with Crippen LogP contribution in [0.2, 0.25) is 0 Å². The molecule has 2 rings (SSSR count). The second kappa shape index (κ2) is 4.52. The maximum atomic E-state index is 10.7. The third-order valence-electron chi connectivity index (χ3n) is 3.14. The standard InChI is InChI=1S/C14H17NO/c1-3-11(2)9-15-7-6-13-8-12(10-16)4-5-14(13)15/h4-8,10-11H,3,9H2,1-2H3. The smallest absolute Gasteiger partial charge is 0.150 e. The molecule has 2 heteroatoms. The molecular weight excluding hydrogens is 198 g/mol. The van der Waals surface area contributed by atoms with Crippen LogP contribution in [-0.2, 0) is 6.54 Å². The van der Waals surface area contributed by atoms with Crippen molar-refractivity contribution in [2.24, 2.45) is 5.92 Å². The van der Waals surface area contributed by atoms with Crippen molar-refractivity contribution in [3.05, 3.63) is 36.0 Å². The second-order valence-corrected chi connectivity index (χ2v) is 4.42. The van der Waals surface area contributed by atoms with Gasteiger partial charge in [0.2, 0.25) is 0 Å². The zero-order chi connectivity index (χ0) is 11.5. The summed E-state index contributed by atoms with van der Waals surface area (Å²) in [5.74, 6) is 0.682. The van der Waals surface area contributed by atoms with E-state index in [0.29, 0.717) is 5.92 Å². The van der Waals surface area contributed by atoms with Gasteiger partial charge in [-0.05, 0) is 30.2 Å². The quantitative estimate of drug-likeness (QED) is 0.715. The van der Waals surface area contributed by atoms with Gasteiger partial charge < -0.3 is 4.57 Å². The molecule has 0 saturated heterocycles. The molecule has 1 aromatic heterocycles. The highest BCUT2D eigenvalue weighted by atomic mass is 16.1. The van der Waals surface area contributed by atoms with Crippen LogP contribution < -0.4 is 0 Å². The molecule has 1 unspecified atom stereocenters. The summed E-state index contributed by atoms with van der Waals surface area (Å²) >= 11 is 0. The molecule has 0 spiro atoms. The molecule has 0 fully saturated rings. The average Bonchev–Trinajstić information content (AvgIpc) is 2.71. The Kier molecular flexibility index (Phi) is 3.09. The third-order valence-corrected chi connectivity index (χ3v) is 3.14. The minimum absolute atomic E-state index is 0.682. The molecule has 0 bridgehead atoms. The molecule has 1 atom stereocenters. The number of fused-ring (bicyclic) bond motifs is 1. The van der Waals surface area contributed by atoms with Crippen LogP contribution in [0.15, 0.2) is 30.5 Å². The molecule has 0 aliphatic heterocycles. The van der Waals surface area contributed by atoms with Crippen molar-refractivity contribution < 1.29 is 4.79 Å². The fourth-order valence-corrected chi connectivity index (χ4v) is 1.92. The lowest BCUT2D eigenvalue weighted by atomic mass is 10.1. The van der Waals surface area contributed by atoms with Crippen LogP contribution in [0.3, 0.4) is 0 Å². The van der Waals surface area contributed by atoms with Crippen LogP contribution >= 0.6 is 0 Å². The first-order chi connectivity index (χ1) is 7.74. The summed E-state index contributed by atoms with van der Waals surface area (Å²) in [5, 5.41) is 1.15. The van der Waals surface area contributed by atoms with Crippen molar-refractivity contribution in [2.45, 2.75) is 26.8 Å². The van der Waals surface area contributed by atoms with E-state index in [1.807, 2.05) is 18.2 Å². The van der Waals surface area contributed by atoms with Gasteiger partial charge in [-0.1, -0.05) is 20.3 Å². The highest BCUT2D eigenvalue weighted by Gasteiger charge is 2.05. The summed E-state index contributed by atoms with van der Waals surface area (Å²) in [6.45, 7) is 5.51. The van der Waals surface area contributed by atoms with Crippen LogP contribution in [0, 0.1) is 5.92 Å². The second-order valence-electron chi connectivity index (χ2n) is 4.42. The van der Waals surface area contributed by atoms with E-state index >= 15 is 0 Å². The van der Waals surface area contributed by atoms with E-state index in [0.717, 1.165) is 23.8 Å². The van der Waals surface area contributed by atoms with Gasteiger partial charge in [0.05, 0.1) is 0 Å². The number of aldehydes is 1. The van der Waals surface area contributed by atoms with Gasteiger partial charge >= 0.3 is 0 Å². The molecule has 2 nitrogen and oxygen atoms in total. The summed E-state index contributed by atoms with van der Waals surface area (Å²) in [6.07, 6.45) is 4.18. The Morgan fingerprint density at radius 3 is 2.88 bits per heavy atom. The van der Waals surface area contributed by atoms with Crippen molar-refractivity contribution >= 4 is 17.2 Å². The van der Waals surface area contributed by atoms with Gasteiger partial charge in [0.15, 0.2) is 0 Å².